The highest BCUT2D eigenvalue weighted by Gasteiger charge is 1.98. The number of hydrogen-bond acceptors (Lipinski definition) is 3. The van der Waals surface area contributed by atoms with Crippen molar-refractivity contribution >= 4 is 21.7 Å². The Bertz CT molecular complexity index is 318. The average molecular weight is 287 g/mol. The Labute approximate surface area is 106 Å². The van der Waals surface area contributed by atoms with Gasteiger partial charge in [0.2, 0.25) is 0 Å². The van der Waals surface area contributed by atoms with E-state index in [9.17, 15) is 0 Å². The van der Waals surface area contributed by atoms with Crippen LogP contribution < -0.4 is 5.32 Å². The summed E-state index contributed by atoms with van der Waals surface area (Å²) in [5, 5.41) is 3.32. The molecule has 1 aromatic heterocycles. The molecule has 1 heterocycles. The molecule has 1 N–H and O–H groups in total. The number of nitrogens with zero attached hydrogens (tertiary/aromatic N) is 1. The molecule has 0 aliphatic carbocycles. The Balaban J connectivity index is 2.19. The van der Waals surface area contributed by atoms with Crippen LogP contribution in [0.1, 0.15) is 25.0 Å². The first kappa shape index (κ1) is 13.5. The lowest BCUT2D eigenvalue weighted by Crippen LogP contribution is -2.04. The van der Waals surface area contributed by atoms with Gasteiger partial charge in [0.1, 0.15) is 5.82 Å². The molecular weight excluding hydrogens is 268 g/mol. The van der Waals surface area contributed by atoms with E-state index in [0.29, 0.717) is 0 Å². The van der Waals surface area contributed by atoms with Gasteiger partial charge in [-0.15, -0.1) is 0 Å². The van der Waals surface area contributed by atoms with E-state index in [1.807, 2.05) is 19.1 Å². The van der Waals surface area contributed by atoms with Crippen LogP contribution in [-0.2, 0) is 4.74 Å². The SMILES string of the molecule is COCCCCCNc1ccc(Br)c(C)n1. The minimum atomic E-state index is 0.857. The summed E-state index contributed by atoms with van der Waals surface area (Å²) in [4.78, 5) is 4.42. The number of methoxy groups -OCH3 is 1. The van der Waals surface area contributed by atoms with Crippen LogP contribution in [0.3, 0.4) is 0 Å². The largest absolute Gasteiger partial charge is 0.385 e. The molecule has 0 saturated carbocycles. The number of unbranched alkanes of at least 4 members (excludes halogenated alkanes) is 2. The van der Waals surface area contributed by atoms with Gasteiger partial charge >= 0.3 is 0 Å². The topological polar surface area (TPSA) is 34.1 Å². The molecule has 0 bridgehead atoms. The number of anilines is 1. The van der Waals surface area contributed by atoms with Crippen molar-refractivity contribution in [2.24, 2.45) is 0 Å². The summed E-state index contributed by atoms with van der Waals surface area (Å²) in [6, 6.07) is 4.02. The van der Waals surface area contributed by atoms with Gasteiger partial charge in [-0.3, -0.25) is 0 Å². The molecule has 4 heteroatoms. The molecule has 16 heavy (non-hydrogen) atoms. The molecule has 0 atom stereocenters. The van der Waals surface area contributed by atoms with Crippen LogP contribution in [0.25, 0.3) is 0 Å². The molecule has 0 fully saturated rings. The van der Waals surface area contributed by atoms with E-state index in [1.165, 1.54) is 6.42 Å². The summed E-state index contributed by atoms with van der Waals surface area (Å²) < 4.78 is 6.05. The minimum absolute atomic E-state index is 0.857. The molecule has 1 aromatic rings. The second-order valence-corrected chi connectivity index (χ2v) is 4.60. The van der Waals surface area contributed by atoms with E-state index in [4.69, 9.17) is 4.74 Å². The highest BCUT2D eigenvalue weighted by molar-refractivity contribution is 9.10. The highest BCUT2D eigenvalue weighted by atomic mass is 79.9. The van der Waals surface area contributed by atoms with Gasteiger partial charge in [0.15, 0.2) is 0 Å². The van der Waals surface area contributed by atoms with E-state index < -0.39 is 0 Å². The van der Waals surface area contributed by atoms with E-state index in [2.05, 4.69) is 26.2 Å². The summed E-state index contributed by atoms with van der Waals surface area (Å²) in [6.45, 7) is 3.82. The first-order chi connectivity index (χ1) is 7.74. The van der Waals surface area contributed by atoms with Gasteiger partial charge in [-0.05, 0) is 54.2 Å². The second-order valence-electron chi connectivity index (χ2n) is 3.74. The lowest BCUT2D eigenvalue weighted by atomic mass is 10.2. The zero-order valence-corrected chi connectivity index (χ0v) is 11.5. The number of hydrogen-bond donors (Lipinski definition) is 1. The maximum atomic E-state index is 5.00. The fourth-order valence-corrected chi connectivity index (χ4v) is 1.63. The fraction of sp³-hybridized carbons (Fsp3) is 0.583. The molecule has 0 radical (unpaired) electrons. The number of pyridine rings is 1. The van der Waals surface area contributed by atoms with Crippen LogP contribution in [0.5, 0.6) is 0 Å². The number of nitrogens with one attached hydrogen (secondary N) is 1. The van der Waals surface area contributed by atoms with Crippen molar-refractivity contribution in [2.45, 2.75) is 26.2 Å². The van der Waals surface area contributed by atoms with Crippen molar-refractivity contribution in [3.05, 3.63) is 22.3 Å². The molecule has 0 saturated heterocycles. The fourth-order valence-electron chi connectivity index (χ4n) is 1.41. The maximum Gasteiger partial charge on any atom is 0.126 e. The van der Waals surface area contributed by atoms with Gasteiger partial charge in [-0.25, -0.2) is 4.98 Å². The maximum absolute atomic E-state index is 5.00. The molecule has 0 aliphatic rings. The van der Waals surface area contributed by atoms with Gasteiger partial charge < -0.3 is 10.1 Å². The molecular formula is C12H19BrN2O. The monoisotopic (exact) mass is 286 g/mol. The summed E-state index contributed by atoms with van der Waals surface area (Å²) >= 11 is 3.44. The predicted molar refractivity (Wildman–Crippen MR) is 70.9 cm³/mol. The molecule has 0 aromatic carbocycles. The van der Waals surface area contributed by atoms with E-state index >= 15 is 0 Å². The Morgan fingerprint density at radius 1 is 1.31 bits per heavy atom. The van der Waals surface area contributed by atoms with E-state index in [-0.39, 0.29) is 0 Å². The molecule has 0 unspecified atom stereocenters. The molecule has 90 valence electrons. The Hall–Kier alpha value is -0.610. The van der Waals surface area contributed by atoms with Crippen LogP contribution in [0.15, 0.2) is 16.6 Å². The van der Waals surface area contributed by atoms with Gasteiger partial charge in [0.25, 0.3) is 0 Å². The first-order valence-electron chi connectivity index (χ1n) is 5.60. The summed E-state index contributed by atoms with van der Waals surface area (Å²) in [6.07, 6.45) is 3.47. The standard InChI is InChI=1S/C12H19BrN2O/c1-10-11(13)6-7-12(15-10)14-8-4-3-5-9-16-2/h6-7H,3-5,8-9H2,1-2H3,(H,14,15). The third-order valence-corrected chi connectivity index (χ3v) is 3.19. The smallest absolute Gasteiger partial charge is 0.126 e. The molecule has 0 spiro atoms. The average Bonchev–Trinajstić information content (AvgIpc) is 2.28. The quantitative estimate of drug-likeness (QED) is 0.781. The summed E-state index contributed by atoms with van der Waals surface area (Å²) in [5.41, 5.74) is 1.02. The Morgan fingerprint density at radius 2 is 2.12 bits per heavy atom. The number of ether oxygens (including phenoxy) is 1. The lowest BCUT2D eigenvalue weighted by Gasteiger charge is -2.06. The van der Waals surface area contributed by atoms with E-state index in [1.54, 1.807) is 7.11 Å². The highest BCUT2D eigenvalue weighted by Crippen LogP contribution is 2.16. The van der Waals surface area contributed by atoms with Crippen LogP contribution in [0.2, 0.25) is 0 Å². The number of halogens is 1. The van der Waals surface area contributed by atoms with Gasteiger partial charge in [0, 0.05) is 24.7 Å². The molecule has 0 aliphatic heterocycles. The third kappa shape index (κ3) is 4.94. The second kappa shape index (κ2) is 7.63. The van der Waals surface area contributed by atoms with E-state index in [0.717, 1.165) is 42.0 Å². The lowest BCUT2D eigenvalue weighted by molar-refractivity contribution is 0.192. The van der Waals surface area contributed by atoms with Crippen molar-refractivity contribution in [1.82, 2.24) is 4.98 Å². The van der Waals surface area contributed by atoms with Crippen molar-refractivity contribution in [2.75, 3.05) is 25.6 Å². The summed E-state index contributed by atoms with van der Waals surface area (Å²) in [7, 11) is 1.74. The number of rotatable bonds is 7. The van der Waals surface area contributed by atoms with Crippen LogP contribution in [0, 0.1) is 6.92 Å². The van der Waals surface area contributed by atoms with Crippen molar-refractivity contribution in [1.29, 1.82) is 0 Å². The summed E-state index contributed by atoms with van der Waals surface area (Å²) in [5.74, 6) is 0.951. The first-order valence-corrected chi connectivity index (χ1v) is 6.39. The van der Waals surface area contributed by atoms with Crippen molar-refractivity contribution in [3.8, 4) is 0 Å². The molecule has 1 rings (SSSR count). The van der Waals surface area contributed by atoms with Crippen molar-refractivity contribution < 1.29 is 4.74 Å². The van der Waals surface area contributed by atoms with Gasteiger partial charge in [-0.1, -0.05) is 0 Å². The predicted octanol–water partition coefficient (Wildman–Crippen LogP) is 3.38. The number of aryl methyl sites for hydroxylation is 1. The minimum Gasteiger partial charge on any atom is -0.385 e. The zero-order valence-electron chi connectivity index (χ0n) is 9.92. The van der Waals surface area contributed by atoms with Gasteiger partial charge in [-0.2, -0.15) is 0 Å². The Morgan fingerprint density at radius 3 is 2.81 bits per heavy atom. The van der Waals surface area contributed by atoms with Crippen LogP contribution >= 0.6 is 15.9 Å². The Kier molecular flexibility index (Phi) is 6.42. The number of aromatic nitrogens is 1. The van der Waals surface area contributed by atoms with Crippen LogP contribution in [-0.4, -0.2) is 25.2 Å². The third-order valence-electron chi connectivity index (χ3n) is 2.35. The van der Waals surface area contributed by atoms with Gasteiger partial charge in [0.05, 0.1) is 5.69 Å². The van der Waals surface area contributed by atoms with Crippen LogP contribution in [0.4, 0.5) is 5.82 Å². The zero-order chi connectivity index (χ0) is 11.8. The normalized spacial score (nSPS) is 10.4. The molecule has 0 amide bonds. The van der Waals surface area contributed by atoms with Crippen molar-refractivity contribution in [3.63, 3.8) is 0 Å². The molecule has 3 nitrogen and oxygen atoms in total.